The number of benzene rings is 1. The van der Waals surface area contributed by atoms with Crippen LogP contribution >= 0.6 is 11.8 Å². The quantitative estimate of drug-likeness (QED) is 0.846. The Bertz CT molecular complexity index is 653. The lowest BCUT2D eigenvalue weighted by Gasteiger charge is -2.25. The van der Waals surface area contributed by atoms with E-state index in [1.165, 1.54) is 17.0 Å². The minimum atomic E-state index is -0.623. The zero-order valence-electron chi connectivity index (χ0n) is 13.0. The summed E-state index contributed by atoms with van der Waals surface area (Å²) in [6.07, 6.45) is 0.547. The minimum absolute atomic E-state index is 0.0893. The van der Waals surface area contributed by atoms with E-state index in [0.717, 1.165) is 6.07 Å². The lowest BCUT2D eigenvalue weighted by atomic mass is 10.1. The lowest BCUT2D eigenvalue weighted by Crippen LogP contribution is -2.47. The number of halogens is 2. The Balaban J connectivity index is 1.71. The third kappa shape index (κ3) is 3.06. The molecule has 1 aliphatic heterocycles. The van der Waals surface area contributed by atoms with E-state index in [1.807, 2.05) is 0 Å². The number of hydrogen-bond acceptors (Lipinski definition) is 3. The third-order valence-corrected chi connectivity index (χ3v) is 5.37. The van der Waals surface area contributed by atoms with Crippen LogP contribution in [0.15, 0.2) is 18.2 Å². The van der Waals surface area contributed by atoms with E-state index in [0.29, 0.717) is 23.6 Å². The molecule has 1 aromatic rings. The van der Waals surface area contributed by atoms with Gasteiger partial charge < -0.3 is 9.80 Å². The fourth-order valence-corrected chi connectivity index (χ4v) is 4.14. The van der Waals surface area contributed by atoms with Gasteiger partial charge >= 0.3 is 0 Å². The van der Waals surface area contributed by atoms with Crippen LogP contribution < -0.4 is 0 Å². The molecule has 1 heterocycles. The first-order valence-electron chi connectivity index (χ1n) is 7.44. The van der Waals surface area contributed by atoms with Gasteiger partial charge in [0.1, 0.15) is 17.7 Å². The van der Waals surface area contributed by atoms with Crippen LogP contribution in [0.2, 0.25) is 0 Å². The topological polar surface area (TPSA) is 40.6 Å². The molecule has 2 fully saturated rings. The third-order valence-electron chi connectivity index (χ3n) is 4.36. The van der Waals surface area contributed by atoms with Gasteiger partial charge in [-0.3, -0.25) is 9.59 Å². The van der Waals surface area contributed by atoms with Crippen LogP contribution in [0.1, 0.15) is 17.9 Å². The van der Waals surface area contributed by atoms with Gasteiger partial charge in [-0.2, -0.15) is 0 Å². The summed E-state index contributed by atoms with van der Waals surface area (Å²) in [4.78, 5) is 27.9. The van der Waals surface area contributed by atoms with Gasteiger partial charge in [-0.05, 0) is 24.0 Å². The summed E-state index contributed by atoms with van der Waals surface area (Å²) in [6, 6.07) is 3.02. The first-order valence-corrected chi connectivity index (χ1v) is 8.60. The van der Waals surface area contributed by atoms with Crippen LogP contribution in [-0.2, 0) is 9.59 Å². The highest BCUT2D eigenvalue weighted by molar-refractivity contribution is 7.99. The van der Waals surface area contributed by atoms with Gasteiger partial charge in [0, 0.05) is 31.8 Å². The Morgan fingerprint density at radius 3 is 2.70 bits per heavy atom. The van der Waals surface area contributed by atoms with Gasteiger partial charge in [-0.15, -0.1) is 11.8 Å². The van der Waals surface area contributed by atoms with Crippen molar-refractivity contribution in [2.45, 2.75) is 18.4 Å². The lowest BCUT2D eigenvalue weighted by molar-refractivity contribution is -0.142. The zero-order valence-corrected chi connectivity index (χ0v) is 13.8. The Morgan fingerprint density at radius 2 is 2.04 bits per heavy atom. The molecule has 1 saturated carbocycles. The number of carbonyl (C=O) groups is 2. The second-order valence-electron chi connectivity index (χ2n) is 6.17. The average Bonchev–Trinajstić information content (AvgIpc) is 3.12. The van der Waals surface area contributed by atoms with Crippen LogP contribution in [0.25, 0.3) is 0 Å². The summed E-state index contributed by atoms with van der Waals surface area (Å²) in [5.74, 6) is -0.889. The maximum absolute atomic E-state index is 13.8. The van der Waals surface area contributed by atoms with Crippen molar-refractivity contribution in [3.8, 4) is 0 Å². The standard InChI is InChI=1S/C16H18F2N2O2S/c1-19(2)16(22)14-7-23-8-20(14)15(21)12-6-11(12)10-4-3-9(17)5-13(10)18/h3-5,11-12,14H,6-8H2,1-2H3. The smallest absolute Gasteiger partial charge is 0.245 e. The van der Waals surface area contributed by atoms with E-state index >= 15 is 0 Å². The van der Waals surface area contributed by atoms with Crippen molar-refractivity contribution in [1.82, 2.24) is 9.80 Å². The number of amides is 2. The number of hydrogen-bond donors (Lipinski definition) is 0. The molecule has 0 bridgehead atoms. The van der Waals surface area contributed by atoms with E-state index < -0.39 is 17.7 Å². The molecule has 3 atom stereocenters. The van der Waals surface area contributed by atoms with Gasteiger partial charge in [-0.1, -0.05) is 6.07 Å². The van der Waals surface area contributed by atoms with Crippen molar-refractivity contribution in [3.63, 3.8) is 0 Å². The molecule has 3 unspecified atom stereocenters. The van der Waals surface area contributed by atoms with Crippen molar-refractivity contribution in [2.75, 3.05) is 25.7 Å². The monoisotopic (exact) mass is 340 g/mol. The van der Waals surface area contributed by atoms with Crippen LogP contribution in [0.5, 0.6) is 0 Å². The Labute approximate surface area is 137 Å². The molecular weight excluding hydrogens is 322 g/mol. The van der Waals surface area contributed by atoms with Crippen molar-refractivity contribution >= 4 is 23.6 Å². The van der Waals surface area contributed by atoms with Crippen LogP contribution in [0, 0.1) is 17.6 Å². The molecule has 0 spiro atoms. The Morgan fingerprint density at radius 1 is 1.30 bits per heavy atom. The van der Waals surface area contributed by atoms with Gasteiger partial charge in [-0.25, -0.2) is 8.78 Å². The molecule has 2 aliphatic rings. The van der Waals surface area contributed by atoms with Crippen molar-refractivity contribution < 1.29 is 18.4 Å². The number of nitrogens with zero attached hydrogens (tertiary/aromatic N) is 2. The van der Waals surface area contributed by atoms with Crippen molar-refractivity contribution in [3.05, 3.63) is 35.4 Å². The molecule has 3 rings (SSSR count). The predicted octanol–water partition coefficient (Wildman–Crippen LogP) is 2.06. The highest BCUT2D eigenvalue weighted by Crippen LogP contribution is 2.50. The normalized spacial score (nSPS) is 26.3. The van der Waals surface area contributed by atoms with E-state index in [9.17, 15) is 18.4 Å². The van der Waals surface area contributed by atoms with E-state index in [-0.39, 0.29) is 23.7 Å². The molecule has 4 nitrogen and oxygen atoms in total. The van der Waals surface area contributed by atoms with Gasteiger partial charge in [0.25, 0.3) is 0 Å². The Hall–Kier alpha value is -1.63. The molecule has 1 aromatic carbocycles. The minimum Gasteiger partial charge on any atom is -0.347 e. The molecule has 2 amide bonds. The van der Waals surface area contributed by atoms with E-state index in [1.54, 1.807) is 30.8 Å². The van der Waals surface area contributed by atoms with Crippen molar-refractivity contribution in [1.29, 1.82) is 0 Å². The molecule has 124 valence electrons. The molecule has 0 N–H and O–H groups in total. The highest BCUT2D eigenvalue weighted by atomic mass is 32.2. The average molecular weight is 340 g/mol. The first-order chi connectivity index (χ1) is 10.9. The summed E-state index contributed by atoms with van der Waals surface area (Å²) in [7, 11) is 3.34. The summed E-state index contributed by atoms with van der Waals surface area (Å²) in [5.41, 5.74) is 0.382. The number of thioether (sulfide) groups is 1. The number of carbonyl (C=O) groups excluding carboxylic acids is 2. The van der Waals surface area contributed by atoms with Gasteiger partial charge in [0.05, 0.1) is 5.88 Å². The maximum Gasteiger partial charge on any atom is 0.245 e. The van der Waals surface area contributed by atoms with Gasteiger partial charge in [0.15, 0.2) is 0 Å². The molecule has 23 heavy (non-hydrogen) atoms. The largest absolute Gasteiger partial charge is 0.347 e. The Kier molecular flexibility index (Phi) is 4.31. The molecule has 0 radical (unpaired) electrons. The predicted molar refractivity (Wildman–Crippen MR) is 83.9 cm³/mol. The fraction of sp³-hybridized carbons (Fsp3) is 0.500. The summed E-state index contributed by atoms with van der Waals surface area (Å²) < 4.78 is 26.8. The maximum atomic E-state index is 13.8. The van der Waals surface area contributed by atoms with Crippen LogP contribution in [-0.4, -0.2) is 53.4 Å². The van der Waals surface area contributed by atoms with E-state index in [4.69, 9.17) is 0 Å². The van der Waals surface area contributed by atoms with Gasteiger partial charge in [0.2, 0.25) is 11.8 Å². The van der Waals surface area contributed by atoms with E-state index in [2.05, 4.69) is 0 Å². The molecule has 1 aliphatic carbocycles. The number of likely N-dealkylation sites (N-methyl/N-ethyl adjacent to an activating group) is 1. The summed E-state index contributed by atoms with van der Waals surface area (Å²) in [5, 5.41) is 0. The molecule has 1 saturated heterocycles. The number of rotatable bonds is 3. The van der Waals surface area contributed by atoms with Crippen LogP contribution in [0.4, 0.5) is 8.78 Å². The summed E-state index contributed by atoms with van der Waals surface area (Å²) >= 11 is 1.55. The zero-order chi connectivity index (χ0) is 16.7. The highest BCUT2D eigenvalue weighted by Gasteiger charge is 2.49. The molecule has 7 heteroatoms. The molecular formula is C16H18F2N2O2S. The second-order valence-corrected chi connectivity index (χ2v) is 7.17. The SMILES string of the molecule is CN(C)C(=O)C1CSCN1C(=O)C1CC1c1ccc(F)cc1F. The molecule has 0 aromatic heterocycles. The second kappa shape index (κ2) is 6.11. The van der Waals surface area contributed by atoms with Crippen LogP contribution in [0.3, 0.4) is 0 Å². The van der Waals surface area contributed by atoms with Crippen molar-refractivity contribution in [2.24, 2.45) is 5.92 Å². The summed E-state index contributed by atoms with van der Waals surface area (Å²) in [6.45, 7) is 0. The first kappa shape index (κ1) is 16.2. The fourth-order valence-electron chi connectivity index (χ4n) is 2.99.